The van der Waals surface area contributed by atoms with E-state index in [1.807, 2.05) is 0 Å². The molecule has 23 heavy (non-hydrogen) atoms. The van der Waals surface area contributed by atoms with E-state index in [4.69, 9.17) is 0 Å². The van der Waals surface area contributed by atoms with E-state index in [-0.39, 0.29) is 30.5 Å². The van der Waals surface area contributed by atoms with Gasteiger partial charge in [-0.1, -0.05) is 0 Å². The maximum atomic E-state index is 12.6. The highest BCUT2D eigenvalue weighted by Gasteiger charge is 2.52. The van der Waals surface area contributed by atoms with Crippen LogP contribution in [0.3, 0.4) is 0 Å². The molecular weight excluding hydrogens is 333 g/mol. The van der Waals surface area contributed by atoms with Crippen LogP contribution in [0, 0.1) is 11.3 Å². The van der Waals surface area contributed by atoms with Gasteiger partial charge in [0.05, 0.1) is 17.1 Å². The van der Waals surface area contributed by atoms with Crippen molar-refractivity contribution in [2.75, 3.05) is 32.8 Å². The molecule has 2 atom stereocenters. The van der Waals surface area contributed by atoms with Crippen molar-refractivity contribution in [1.82, 2.24) is 9.62 Å². The van der Waals surface area contributed by atoms with Gasteiger partial charge in [-0.25, -0.2) is 8.42 Å². The summed E-state index contributed by atoms with van der Waals surface area (Å²) in [5, 5.41) is 12.8. The minimum absolute atomic E-state index is 0.0109. The Morgan fingerprint density at radius 3 is 2.48 bits per heavy atom. The van der Waals surface area contributed by atoms with Crippen molar-refractivity contribution in [3.8, 4) is 0 Å². The molecule has 128 valence electrons. The fourth-order valence-electron chi connectivity index (χ4n) is 3.34. The number of rotatable bonds is 3. The Balaban J connectivity index is 1.85. The van der Waals surface area contributed by atoms with Gasteiger partial charge >= 0.3 is 6.18 Å². The van der Waals surface area contributed by atoms with E-state index < -0.39 is 27.2 Å². The first kappa shape index (κ1) is 16.7. The zero-order valence-corrected chi connectivity index (χ0v) is 13.0. The largest absolute Gasteiger partial charge is 0.416 e. The Bertz CT molecular complexity index is 690. The third kappa shape index (κ3) is 2.75. The zero-order chi connectivity index (χ0) is 16.9. The molecule has 2 N–H and O–H groups in total. The number of halogens is 3. The highest BCUT2D eigenvalue weighted by Crippen LogP contribution is 2.41. The minimum Gasteiger partial charge on any atom is -0.396 e. The van der Waals surface area contributed by atoms with Gasteiger partial charge in [0, 0.05) is 25.0 Å². The molecule has 1 aromatic carbocycles. The predicted molar refractivity (Wildman–Crippen MR) is 76.1 cm³/mol. The summed E-state index contributed by atoms with van der Waals surface area (Å²) in [4.78, 5) is -0.161. The number of benzene rings is 1. The molecule has 0 amide bonds. The molecule has 2 fully saturated rings. The Morgan fingerprint density at radius 1 is 1.30 bits per heavy atom. The zero-order valence-electron chi connectivity index (χ0n) is 12.2. The van der Waals surface area contributed by atoms with Crippen LogP contribution in [0.2, 0.25) is 0 Å². The molecule has 0 saturated carbocycles. The van der Waals surface area contributed by atoms with Gasteiger partial charge in [0.25, 0.3) is 0 Å². The second-order valence-electron chi connectivity index (χ2n) is 6.17. The van der Waals surface area contributed by atoms with Gasteiger partial charge < -0.3 is 10.4 Å². The molecule has 2 aliphatic rings. The molecule has 0 bridgehead atoms. The molecule has 2 aliphatic heterocycles. The molecule has 3 rings (SSSR count). The molecule has 0 aromatic heterocycles. The molecule has 5 nitrogen and oxygen atoms in total. The second-order valence-corrected chi connectivity index (χ2v) is 8.11. The van der Waals surface area contributed by atoms with Crippen molar-refractivity contribution in [3.05, 3.63) is 29.8 Å². The number of aliphatic hydroxyl groups is 1. The van der Waals surface area contributed by atoms with Gasteiger partial charge in [0.1, 0.15) is 0 Å². The SMILES string of the molecule is O=S(=O)(c1ccc(C(F)(F)F)cc1)N1CC2CNCC2(CO)C1. The van der Waals surface area contributed by atoms with E-state index in [0.29, 0.717) is 13.1 Å². The van der Waals surface area contributed by atoms with E-state index in [0.717, 1.165) is 24.3 Å². The van der Waals surface area contributed by atoms with Crippen LogP contribution >= 0.6 is 0 Å². The van der Waals surface area contributed by atoms with Crippen LogP contribution in [0.25, 0.3) is 0 Å². The Morgan fingerprint density at radius 2 is 1.96 bits per heavy atom. The number of sulfonamides is 1. The average Bonchev–Trinajstić information content (AvgIpc) is 3.04. The van der Waals surface area contributed by atoms with Crippen LogP contribution in [0.1, 0.15) is 5.56 Å². The number of alkyl halides is 3. The summed E-state index contributed by atoms with van der Waals surface area (Å²) in [5.74, 6) is 0.0109. The molecule has 0 aliphatic carbocycles. The summed E-state index contributed by atoms with van der Waals surface area (Å²) in [6.07, 6.45) is -4.50. The molecule has 2 heterocycles. The summed E-state index contributed by atoms with van der Waals surface area (Å²) in [6, 6.07) is 3.51. The van der Waals surface area contributed by atoms with E-state index >= 15 is 0 Å². The van der Waals surface area contributed by atoms with Gasteiger partial charge in [-0.05, 0) is 36.7 Å². The quantitative estimate of drug-likeness (QED) is 0.850. The van der Waals surface area contributed by atoms with Gasteiger partial charge in [0.2, 0.25) is 10.0 Å². The highest BCUT2D eigenvalue weighted by atomic mass is 32.2. The van der Waals surface area contributed by atoms with Crippen molar-refractivity contribution in [3.63, 3.8) is 0 Å². The van der Waals surface area contributed by atoms with E-state index in [1.165, 1.54) is 4.31 Å². The van der Waals surface area contributed by atoms with Crippen LogP contribution in [-0.2, 0) is 16.2 Å². The highest BCUT2D eigenvalue weighted by molar-refractivity contribution is 7.89. The number of hydrogen-bond donors (Lipinski definition) is 2. The van der Waals surface area contributed by atoms with Crippen molar-refractivity contribution < 1.29 is 26.7 Å². The topological polar surface area (TPSA) is 69.6 Å². The lowest BCUT2D eigenvalue weighted by atomic mass is 9.82. The van der Waals surface area contributed by atoms with E-state index in [2.05, 4.69) is 5.32 Å². The molecule has 2 unspecified atom stereocenters. The van der Waals surface area contributed by atoms with Gasteiger partial charge in [-0.3, -0.25) is 0 Å². The summed E-state index contributed by atoms with van der Waals surface area (Å²) >= 11 is 0. The van der Waals surface area contributed by atoms with Gasteiger partial charge in [-0.15, -0.1) is 0 Å². The standard InChI is InChI=1S/C14H17F3N2O3S/c15-14(16,17)10-1-3-12(4-2-10)23(21,22)19-6-11-5-18-7-13(11,8-19)9-20/h1-4,11,18,20H,5-9H2. The second kappa shape index (κ2) is 5.44. The fraction of sp³-hybridized carbons (Fsp3) is 0.571. The maximum Gasteiger partial charge on any atom is 0.416 e. The average molecular weight is 350 g/mol. The third-order valence-electron chi connectivity index (χ3n) is 4.78. The van der Waals surface area contributed by atoms with Crippen LogP contribution in [-0.4, -0.2) is 50.6 Å². The molecule has 2 saturated heterocycles. The van der Waals surface area contributed by atoms with Crippen LogP contribution < -0.4 is 5.32 Å². The van der Waals surface area contributed by atoms with Crippen molar-refractivity contribution in [2.24, 2.45) is 11.3 Å². The predicted octanol–water partition coefficient (Wildman–Crippen LogP) is 0.908. The Hall–Kier alpha value is -1.16. The van der Waals surface area contributed by atoms with Crippen molar-refractivity contribution in [1.29, 1.82) is 0 Å². The number of nitrogens with one attached hydrogen (secondary N) is 1. The lowest BCUT2D eigenvalue weighted by molar-refractivity contribution is -0.137. The summed E-state index contributed by atoms with van der Waals surface area (Å²) in [5.41, 5.74) is -1.38. The number of fused-ring (bicyclic) bond motifs is 1. The molecule has 9 heteroatoms. The normalized spacial score (nSPS) is 29.0. The number of aliphatic hydroxyl groups excluding tert-OH is 1. The van der Waals surface area contributed by atoms with E-state index in [9.17, 15) is 26.7 Å². The van der Waals surface area contributed by atoms with Crippen molar-refractivity contribution >= 4 is 10.0 Å². The molecule has 1 aromatic rings. The first-order valence-corrected chi connectivity index (χ1v) is 8.62. The van der Waals surface area contributed by atoms with Crippen LogP contribution in [0.15, 0.2) is 29.2 Å². The van der Waals surface area contributed by atoms with Crippen LogP contribution in [0.4, 0.5) is 13.2 Å². The number of nitrogens with zero attached hydrogens (tertiary/aromatic N) is 1. The first-order valence-electron chi connectivity index (χ1n) is 7.18. The lowest BCUT2D eigenvalue weighted by Crippen LogP contribution is -2.37. The molecular formula is C14H17F3N2O3S. The molecule has 0 spiro atoms. The maximum absolute atomic E-state index is 12.6. The lowest BCUT2D eigenvalue weighted by Gasteiger charge is -2.25. The molecule has 0 radical (unpaired) electrons. The fourth-order valence-corrected chi connectivity index (χ4v) is 4.93. The summed E-state index contributed by atoms with van der Waals surface area (Å²) in [7, 11) is -3.86. The first-order chi connectivity index (χ1) is 10.7. The smallest absolute Gasteiger partial charge is 0.396 e. The monoisotopic (exact) mass is 350 g/mol. The summed E-state index contributed by atoms with van der Waals surface area (Å²) < 4.78 is 64.2. The van der Waals surface area contributed by atoms with Gasteiger partial charge in [-0.2, -0.15) is 17.5 Å². The third-order valence-corrected chi connectivity index (χ3v) is 6.61. The number of hydrogen-bond acceptors (Lipinski definition) is 4. The Kier molecular flexibility index (Phi) is 3.95. The van der Waals surface area contributed by atoms with Crippen molar-refractivity contribution in [2.45, 2.75) is 11.1 Å². The van der Waals surface area contributed by atoms with Crippen LogP contribution in [0.5, 0.6) is 0 Å². The minimum atomic E-state index is -4.50. The van der Waals surface area contributed by atoms with E-state index in [1.54, 1.807) is 0 Å². The van der Waals surface area contributed by atoms with Gasteiger partial charge in [0.15, 0.2) is 0 Å². The Labute approximate surface area is 132 Å². The summed E-state index contributed by atoms with van der Waals surface area (Å²) in [6.45, 7) is 1.47.